The predicted molar refractivity (Wildman–Crippen MR) is 83.5 cm³/mol. The van der Waals surface area contributed by atoms with Gasteiger partial charge in [-0.1, -0.05) is 30.3 Å². The zero-order valence-corrected chi connectivity index (χ0v) is 13.1. The minimum atomic E-state index is -0.674. The number of halogens is 2. The average molecular weight is 352 g/mol. The molecule has 0 amide bonds. The molecule has 0 saturated heterocycles. The Morgan fingerprint density at radius 1 is 1.29 bits per heavy atom. The van der Waals surface area contributed by atoms with Crippen LogP contribution in [0.1, 0.15) is 18.5 Å². The number of esters is 1. The summed E-state index contributed by atoms with van der Waals surface area (Å²) in [4.78, 5) is 12.1. The van der Waals surface area contributed by atoms with Gasteiger partial charge in [0.15, 0.2) is 6.04 Å². The first-order valence-electron chi connectivity index (χ1n) is 6.55. The minimum Gasteiger partial charge on any atom is -0.464 e. The summed E-state index contributed by atoms with van der Waals surface area (Å²) < 4.78 is 19.0. The zero-order chi connectivity index (χ0) is 15.2. The fraction of sp³-hybridized carbons (Fsp3) is 0.188. The Kier molecular flexibility index (Phi) is 5.33. The number of ether oxygens (including phenoxy) is 1. The molecule has 1 N–H and O–H groups in total. The Balaban J connectivity index is 2.27. The fourth-order valence-electron chi connectivity index (χ4n) is 1.90. The van der Waals surface area contributed by atoms with E-state index in [1.165, 1.54) is 6.07 Å². The molecule has 2 aromatic carbocycles. The van der Waals surface area contributed by atoms with Crippen molar-refractivity contribution in [2.45, 2.75) is 13.0 Å². The molecule has 3 nitrogen and oxygen atoms in total. The Morgan fingerprint density at radius 2 is 2.00 bits per heavy atom. The molecule has 0 radical (unpaired) electrons. The van der Waals surface area contributed by atoms with Crippen molar-refractivity contribution in [1.82, 2.24) is 0 Å². The zero-order valence-electron chi connectivity index (χ0n) is 11.5. The van der Waals surface area contributed by atoms with Gasteiger partial charge in [-0.3, -0.25) is 0 Å². The quantitative estimate of drug-likeness (QED) is 0.816. The number of hydrogen-bond acceptors (Lipinski definition) is 3. The number of carbonyl (C=O) groups is 1. The molecule has 1 unspecified atom stereocenters. The van der Waals surface area contributed by atoms with E-state index < -0.39 is 17.8 Å². The van der Waals surface area contributed by atoms with Gasteiger partial charge in [-0.15, -0.1) is 0 Å². The highest BCUT2D eigenvalue weighted by molar-refractivity contribution is 9.10. The van der Waals surface area contributed by atoms with Crippen molar-refractivity contribution in [1.29, 1.82) is 0 Å². The number of benzene rings is 2. The summed E-state index contributed by atoms with van der Waals surface area (Å²) in [5.41, 5.74) is 1.27. The average Bonchev–Trinajstić information content (AvgIpc) is 2.49. The summed E-state index contributed by atoms with van der Waals surface area (Å²) in [5, 5.41) is 3.01. The topological polar surface area (TPSA) is 38.3 Å². The van der Waals surface area contributed by atoms with Crippen LogP contribution in [0.15, 0.2) is 53.0 Å². The SMILES string of the molecule is CCOC(=O)C(Nc1ccc(Br)c(F)c1)c1ccccc1. The van der Waals surface area contributed by atoms with E-state index in [1.807, 2.05) is 30.3 Å². The Labute approximate surface area is 131 Å². The van der Waals surface area contributed by atoms with Crippen molar-refractivity contribution < 1.29 is 13.9 Å². The lowest BCUT2D eigenvalue weighted by Crippen LogP contribution is -2.23. The van der Waals surface area contributed by atoms with E-state index in [0.29, 0.717) is 16.8 Å². The van der Waals surface area contributed by atoms with Gasteiger partial charge in [0.2, 0.25) is 0 Å². The molecule has 2 rings (SSSR count). The van der Waals surface area contributed by atoms with Crippen molar-refractivity contribution in [2.24, 2.45) is 0 Å². The maximum atomic E-state index is 13.6. The molecule has 110 valence electrons. The van der Waals surface area contributed by atoms with E-state index in [2.05, 4.69) is 21.2 Å². The Hall–Kier alpha value is -1.88. The molecular formula is C16H15BrFNO2. The third-order valence-corrected chi connectivity index (χ3v) is 3.53. The first kappa shape index (κ1) is 15.5. The van der Waals surface area contributed by atoms with Crippen molar-refractivity contribution in [3.05, 3.63) is 64.4 Å². The Morgan fingerprint density at radius 3 is 2.62 bits per heavy atom. The van der Waals surface area contributed by atoms with Gasteiger partial charge in [0.25, 0.3) is 0 Å². The lowest BCUT2D eigenvalue weighted by Gasteiger charge is -2.19. The van der Waals surface area contributed by atoms with Crippen molar-refractivity contribution in [3.8, 4) is 0 Å². The molecular weight excluding hydrogens is 337 g/mol. The van der Waals surface area contributed by atoms with Crippen LogP contribution in [0, 0.1) is 5.82 Å². The van der Waals surface area contributed by atoms with Crippen LogP contribution in [0.2, 0.25) is 0 Å². The van der Waals surface area contributed by atoms with Gasteiger partial charge in [-0.25, -0.2) is 9.18 Å². The van der Waals surface area contributed by atoms with Crippen LogP contribution < -0.4 is 5.32 Å². The molecule has 0 fully saturated rings. The van der Waals surface area contributed by atoms with Crippen LogP contribution in [0.4, 0.5) is 10.1 Å². The van der Waals surface area contributed by atoms with Crippen molar-refractivity contribution in [3.63, 3.8) is 0 Å². The monoisotopic (exact) mass is 351 g/mol. The van der Waals surface area contributed by atoms with Gasteiger partial charge in [0, 0.05) is 5.69 Å². The van der Waals surface area contributed by atoms with Crippen LogP contribution in [0.25, 0.3) is 0 Å². The summed E-state index contributed by atoms with van der Waals surface area (Å²) in [6.45, 7) is 2.04. The van der Waals surface area contributed by atoms with E-state index in [1.54, 1.807) is 19.1 Å². The maximum Gasteiger partial charge on any atom is 0.333 e. The second kappa shape index (κ2) is 7.22. The Bertz CT molecular complexity index is 619. The molecule has 0 aliphatic rings. The first-order valence-corrected chi connectivity index (χ1v) is 7.34. The summed E-state index contributed by atoms with van der Waals surface area (Å²) >= 11 is 3.10. The summed E-state index contributed by atoms with van der Waals surface area (Å²) in [6, 6.07) is 13.1. The molecule has 21 heavy (non-hydrogen) atoms. The largest absolute Gasteiger partial charge is 0.464 e. The highest BCUT2D eigenvalue weighted by Gasteiger charge is 2.21. The molecule has 0 aromatic heterocycles. The number of carbonyl (C=O) groups excluding carboxylic acids is 1. The first-order chi connectivity index (χ1) is 10.1. The lowest BCUT2D eigenvalue weighted by atomic mass is 10.1. The van der Waals surface area contributed by atoms with Gasteiger partial charge in [0.1, 0.15) is 5.82 Å². The normalized spacial score (nSPS) is 11.8. The molecule has 0 aliphatic carbocycles. The van der Waals surface area contributed by atoms with E-state index >= 15 is 0 Å². The van der Waals surface area contributed by atoms with Crippen LogP contribution in [-0.4, -0.2) is 12.6 Å². The van der Waals surface area contributed by atoms with Crippen LogP contribution >= 0.6 is 15.9 Å². The molecule has 0 heterocycles. The molecule has 0 bridgehead atoms. The molecule has 0 saturated carbocycles. The van der Waals surface area contributed by atoms with Gasteiger partial charge in [-0.2, -0.15) is 0 Å². The highest BCUT2D eigenvalue weighted by atomic mass is 79.9. The fourth-order valence-corrected chi connectivity index (χ4v) is 2.15. The molecule has 0 aliphatic heterocycles. The van der Waals surface area contributed by atoms with Gasteiger partial charge < -0.3 is 10.1 Å². The summed E-state index contributed by atoms with van der Waals surface area (Å²) in [6.07, 6.45) is 0. The lowest BCUT2D eigenvalue weighted by molar-refractivity contribution is -0.144. The maximum absolute atomic E-state index is 13.6. The summed E-state index contributed by atoms with van der Waals surface area (Å²) in [7, 11) is 0. The molecule has 0 spiro atoms. The second-order valence-electron chi connectivity index (χ2n) is 4.37. The van der Waals surface area contributed by atoms with Gasteiger partial charge >= 0.3 is 5.97 Å². The van der Waals surface area contributed by atoms with Crippen LogP contribution in [0.3, 0.4) is 0 Å². The third-order valence-electron chi connectivity index (χ3n) is 2.89. The standard InChI is InChI=1S/C16H15BrFNO2/c1-2-21-16(20)15(11-6-4-3-5-7-11)19-12-8-9-13(17)14(18)10-12/h3-10,15,19H,2H2,1H3. The van der Waals surface area contributed by atoms with E-state index in [9.17, 15) is 9.18 Å². The molecule has 1 atom stereocenters. The second-order valence-corrected chi connectivity index (χ2v) is 5.22. The number of hydrogen-bond donors (Lipinski definition) is 1. The van der Waals surface area contributed by atoms with Crippen molar-refractivity contribution >= 4 is 27.6 Å². The molecule has 2 aromatic rings. The van der Waals surface area contributed by atoms with Gasteiger partial charge in [-0.05, 0) is 46.6 Å². The van der Waals surface area contributed by atoms with E-state index in [0.717, 1.165) is 5.56 Å². The van der Waals surface area contributed by atoms with Crippen LogP contribution in [-0.2, 0) is 9.53 Å². The van der Waals surface area contributed by atoms with Crippen LogP contribution in [0.5, 0.6) is 0 Å². The van der Waals surface area contributed by atoms with Gasteiger partial charge in [0.05, 0.1) is 11.1 Å². The molecule has 5 heteroatoms. The summed E-state index contributed by atoms with van der Waals surface area (Å²) in [5.74, 6) is -0.789. The predicted octanol–water partition coefficient (Wildman–Crippen LogP) is 4.30. The van der Waals surface area contributed by atoms with Crippen molar-refractivity contribution in [2.75, 3.05) is 11.9 Å². The third kappa shape index (κ3) is 4.04. The number of anilines is 1. The number of nitrogens with one attached hydrogen (secondary N) is 1. The highest BCUT2D eigenvalue weighted by Crippen LogP contribution is 2.24. The van der Waals surface area contributed by atoms with E-state index in [4.69, 9.17) is 4.74 Å². The smallest absolute Gasteiger partial charge is 0.333 e. The van der Waals surface area contributed by atoms with E-state index in [-0.39, 0.29) is 0 Å². The number of rotatable bonds is 5. The minimum absolute atomic E-state index is 0.290.